The minimum absolute atomic E-state index is 0.00372. The van der Waals surface area contributed by atoms with Gasteiger partial charge in [-0.2, -0.15) is 0 Å². The summed E-state index contributed by atoms with van der Waals surface area (Å²) in [6.07, 6.45) is 5.44. The fraction of sp³-hybridized carbons (Fsp3) is 0.444. The number of aryl methyl sites for hydroxylation is 1. The second-order valence-corrected chi connectivity index (χ2v) is 6.34. The van der Waals surface area contributed by atoms with Crippen LogP contribution in [0.15, 0.2) is 36.4 Å². The number of fused-ring (bicyclic) bond motifs is 1. The van der Waals surface area contributed by atoms with Crippen LogP contribution >= 0.6 is 0 Å². The summed E-state index contributed by atoms with van der Waals surface area (Å²) >= 11 is 0. The van der Waals surface area contributed by atoms with Gasteiger partial charge in [0.25, 0.3) is 0 Å². The molecule has 4 heteroatoms. The van der Waals surface area contributed by atoms with Crippen LogP contribution in [0.3, 0.4) is 0 Å². The normalized spacial score (nSPS) is 24.2. The van der Waals surface area contributed by atoms with Gasteiger partial charge in [0.05, 0.1) is 18.5 Å². The first-order chi connectivity index (χ1) is 10.6. The Morgan fingerprint density at radius 1 is 1.09 bits per heavy atom. The summed E-state index contributed by atoms with van der Waals surface area (Å²) in [5, 5.41) is 0. The van der Waals surface area contributed by atoms with E-state index in [1.807, 2.05) is 36.2 Å². The molecule has 1 saturated heterocycles. The van der Waals surface area contributed by atoms with Crippen LogP contribution in [0.1, 0.15) is 24.0 Å². The van der Waals surface area contributed by atoms with Crippen LogP contribution in [0.25, 0.3) is 0 Å². The van der Waals surface area contributed by atoms with E-state index in [4.69, 9.17) is 0 Å². The fourth-order valence-electron chi connectivity index (χ4n) is 3.38. The number of benzene rings is 1. The van der Waals surface area contributed by atoms with Gasteiger partial charge in [-0.1, -0.05) is 36.4 Å². The number of nitrogens with zero attached hydrogens (tertiary/aromatic N) is 2. The molecule has 3 rings (SSSR count). The van der Waals surface area contributed by atoms with Crippen molar-refractivity contribution in [2.75, 3.05) is 13.7 Å². The van der Waals surface area contributed by atoms with Gasteiger partial charge in [-0.05, 0) is 37.9 Å². The van der Waals surface area contributed by atoms with Gasteiger partial charge in [0.2, 0.25) is 11.8 Å². The lowest BCUT2D eigenvalue weighted by molar-refractivity contribution is -0.142. The molecule has 0 unspecified atom stereocenters. The molecule has 1 aromatic rings. The second-order valence-electron chi connectivity index (χ2n) is 6.34. The highest BCUT2D eigenvalue weighted by Crippen LogP contribution is 2.35. The summed E-state index contributed by atoms with van der Waals surface area (Å²) in [5.74, 6) is -0.277. The molecule has 0 aromatic heterocycles. The minimum Gasteiger partial charge on any atom is -0.284 e. The van der Waals surface area contributed by atoms with E-state index in [9.17, 15) is 9.59 Å². The first-order valence-electron chi connectivity index (χ1n) is 7.81. The predicted octanol–water partition coefficient (Wildman–Crippen LogP) is 2.34. The lowest BCUT2D eigenvalue weighted by Crippen LogP contribution is -2.40. The van der Waals surface area contributed by atoms with Crippen LogP contribution in [-0.4, -0.2) is 35.3 Å². The van der Waals surface area contributed by atoms with Crippen LogP contribution < -0.4 is 0 Å². The zero-order valence-corrected chi connectivity index (χ0v) is 13.2. The monoisotopic (exact) mass is 298 g/mol. The first kappa shape index (κ1) is 15.0. The zero-order chi connectivity index (χ0) is 15.7. The number of likely N-dealkylation sites (tertiary alicyclic amines) is 1. The first-order valence-corrected chi connectivity index (χ1v) is 7.81. The molecule has 2 aliphatic rings. The molecule has 0 spiro atoms. The predicted molar refractivity (Wildman–Crippen MR) is 84.7 cm³/mol. The fourth-order valence-corrected chi connectivity index (χ4v) is 3.38. The Hall–Kier alpha value is -1.94. The summed E-state index contributed by atoms with van der Waals surface area (Å²) in [6, 6.07) is 8.20. The van der Waals surface area contributed by atoms with Gasteiger partial charge in [0, 0.05) is 6.54 Å². The molecule has 0 saturated carbocycles. The standard InChI is InChI=1S/C18H22N2O2/c1-13-7-3-4-8-14(13)11-19(2)12-20-17(21)15-9-5-6-10-16(15)18(20)22/h3-8,15-16H,9-12H2,1-2H3/t15-,16-/m0/s1. The van der Waals surface area contributed by atoms with E-state index in [2.05, 4.69) is 19.1 Å². The van der Waals surface area contributed by atoms with Gasteiger partial charge in [0.1, 0.15) is 0 Å². The van der Waals surface area contributed by atoms with Crippen LogP contribution in [0.2, 0.25) is 0 Å². The van der Waals surface area contributed by atoms with Crippen LogP contribution in [0, 0.1) is 18.8 Å². The Morgan fingerprint density at radius 2 is 1.68 bits per heavy atom. The van der Waals surface area contributed by atoms with Crippen molar-refractivity contribution in [3.8, 4) is 0 Å². The van der Waals surface area contributed by atoms with Crippen molar-refractivity contribution in [1.29, 1.82) is 0 Å². The van der Waals surface area contributed by atoms with Crippen molar-refractivity contribution in [1.82, 2.24) is 9.80 Å². The number of hydrogen-bond acceptors (Lipinski definition) is 3. The third-order valence-electron chi connectivity index (χ3n) is 4.68. The van der Waals surface area contributed by atoms with E-state index in [1.54, 1.807) is 0 Å². The van der Waals surface area contributed by atoms with Gasteiger partial charge >= 0.3 is 0 Å². The molecule has 2 amide bonds. The van der Waals surface area contributed by atoms with Crippen LogP contribution in [-0.2, 0) is 16.1 Å². The van der Waals surface area contributed by atoms with E-state index >= 15 is 0 Å². The zero-order valence-electron chi connectivity index (χ0n) is 13.2. The summed E-state index contributed by atoms with van der Waals surface area (Å²) in [4.78, 5) is 28.4. The number of hydrogen-bond donors (Lipinski definition) is 0. The molecule has 1 fully saturated rings. The third-order valence-corrected chi connectivity index (χ3v) is 4.68. The SMILES string of the molecule is Cc1ccccc1CN(C)CN1C(=O)[C@H]2CC=CC[C@@H]2C1=O. The molecular formula is C18H22N2O2. The summed E-state index contributed by atoms with van der Waals surface area (Å²) in [6.45, 7) is 3.19. The van der Waals surface area contributed by atoms with E-state index in [0.29, 0.717) is 19.5 Å². The smallest absolute Gasteiger partial charge is 0.234 e. The third kappa shape index (κ3) is 2.71. The Bertz CT molecular complexity index is 597. The average Bonchev–Trinajstić information content (AvgIpc) is 2.75. The Kier molecular flexibility index (Phi) is 4.12. The number of carbonyl (C=O) groups excluding carboxylic acids is 2. The van der Waals surface area contributed by atoms with Gasteiger partial charge in [0.15, 0.2) is 0 Å². The number of allylic oxidation sites excluding steroid dienone is 2. The molecule has 116 valence electrons. The van der Waals surface area contributed by atoms with Crippen LogP contribution in [0.5, 0.6) is 0 Å². The van der Waals surface area contributed by atoms with Crippen molar-refractivity contribution in [3.63, 3.8) is 0 Å². The molecule has 0 N–H and O–H groups in total. The molecule has 0 radical (unpaired) electrons. The lowest BCUT2D eigenvalue weighted by Gasteiger charge is -2.24. The summed E-state index contributed by atoms with van der Waals surface area (Å²) < 4.78 is 0. The molecule has 4 nitrogen and oxygen atoms in total. The Balaban J connectivity index is 1.67. The molecule has 22 heavy (non-hydrogen) atoms. The molecule has 1 heterocycles. The van der Waals surface area contributed by atoms with E-state index in [0.717, 1.165) is 6.54 Å². The molecular weight excluding hydrogens is 276 g/mol. The van der Waals surface area contributed by atoms with Crippen molar-refractivity contribution < 1.29 is 9.59 Å². The lowest BCUT2D eigenvalue weighted by atomic mass is 9.85. The van der Waals surface area contributed by atoms with E-state index in [-0.39, 0.29) is 23.7 Å². The maximum atomic E-state index is 12.4. The molecule has 0 bridgehead atoms. The second kappa shape index (κ2) is 6.05. The molecule has 2 atom stereocenters. The van der Waals surface area contributed by atoms with Gasteiger partial charge in [-0.3, -0.25) is 19.4 Å². The van der Waals surface area contributed by atoms with Gasteiger partial charge in [-0.25, -0.2) is 0 Å². The summed E-state index contributed by atoms with van der Waals surface area (Å²) in [5.41, 5.74) is 2.45. The molecule has 1 aromatic carbocycles. The van der Waals surface area contributed by atoms with E-state index < -0.39 is 0 Å². The maximum absolute atomic E-state index is 12.4. The van der Waals surface area contributed by atoms with Gasteiger partial charge < -0.3 is 0 Å². The number of amides is 2. The summed E-state index contributed by atoms with van der Waals surface area (Å²) in [7, 11) is 1.95. The largest absolute Gasteiger partial charge is 0.284 e. The Morgan fingerprint density at radius 3 is 2.27 bits per heavy atom. The average molecular weight is 298 g/mol. The van der Waals surface area contributed by atoms with Crippen molar-refractivity contribution in [3.05, 3.63) is 47.5 Å². The molecule has 1 aliphatic carbocycles. The quantitative estimate of drug-likeness (QED) is 0.633. The topological polar surface area (TPSA) is 40.6 Å². The highest BCUT2D eigenvalue weighted by atomic mass is 16.2. The highest BCUT2D eigenvalue weighted by molar-refractivity contribution is 6.05. The highest BCUT2D eigenvalue weighted by Gasteiger charge is 2.47. The van der Waals surface area contributed by atoms with Crippen molar-refractivity contribution >= 4 is 11.8 Å². The number of carbonyl (C=O) groups is 2. The van der Waals surface area contributed by atoms with Crippen molar-refractivity contribution in [2.45, 2.75) is 26.3 Å². The van der Waals surface area contributed by atoms with Gasteiger partial charge in [-0.15, -0.1) is 0 Å². The maximum Gasteiger partial charge on any atom is 0.234 e. The molecule has 1 aliphatic heterocycles. The number of imide groups is 1. The number of rotatable bonds is 4. The Labute approximate surface area is 131 Å². The minimum atomic E-state index is -0.135. The van der Waals surface area contributed by atoms with E-state index in [1.165, 1.54) is 16.0 Å². The van der Waals surface area contributed by atoms with Crippen LogP contribution in [0.4, 0.5) is 0 Å². The van der Waals surface area contributed by atoms with Crippen molar-refractivity contribution in [2.24, 2.45) is 11.8 Å².